The van der Waals surface area contributed by atoms with Crippen LogP contribution in [0, 0.1) is 0 Å². The molecule has 0 aromatic heterocycles. The van der Waals surface area contributed by atoms with E-state index >= 15 is 0 Å². The number of hydrogen-bond acceptors (Lipinski definition) is 4. The van der Waals surface area contributed by atoms with Gasteiger partial charge in [0.1, 0.15) is 0 Å². The zero-order valence-electron chi connectivity index (χ0n) is 16.2. The predicted octanol–water partition coefficient (Wildman–Crippen LogP) is 2.89. The standard InChI is InChI=1S/C23H22N2O4/c1-25(14-16-9-10-20-21(11-16)29-15-28-20)23(27)13-24-22(26)12-18-7-4-6-17-5-2-3-8-19(17)18/h2-11H,12-15H2,1H3,(H,24,26). The summed E-state index contributed by atoms with van der Waals surface area (Å²) in [6.07, 6.45) is 0.237. The molecule has 0 saturated heterocycles. The van der Waals surface area contributed by atoms with Gasteiger partial charge in [-0.2, -0.15) is 0 Å². The van der Waals surface area contributed by atoms with Crippen LogP contribution in [0.2, 0.25) is 0 Å². The van der Waals surface area contributed by atoms with Crippen LogP contribution in [0.25, 0.3) is 10.8 Å². The van der Waals surface area contributed by atoms with Gasteiger partial charge >= 0.3 is 0 Å². The molecular weight excluding hydrogens is 368 g/mol. The Morgan fingerprint density at radius 2 is 1.79 bits per heavy atom. The zero-order valence-corrected chi connectivity index (χ0v) is 16.2. The van der Waals surface area contributed by atoms with Crippen molar-refractivity contribution in [3.8, 4) is 11.5 Å². The first-order valence-corrected chi connectivity index (χ1v) is 9.46. The van der Waals surface area contributed by atoms with Crippen molar-refractivity contribution in [1.82, 2.24) is 10.2 Å². The van der Waals surface area contributed by atoms with Crippen LogP contribution >= 0.6 is 0 Å². The first-order valence-electron chi connectivity index (χ1n) is 9.46. The molecule has 1 aliphatic rings. The summed E-state index contributed by atoms with van der Waals surface area (Å²) in [6, 6.07) is 19.5. The first-order chi connectivity index (χ1) is 14.1. The van der Waals surface area contributed by atoms with Crippen LogP contribution in [0.15, 0.2) is 60.7 Å². The molecule has 29 heavy (non-hydrogen) atoms. The summed E-state index contributed by atoms with van der Waals surface area (Å²) in [5, 5.41) is 4.88. The number of rotatable bonds is 6. The molecule has 0 unspecified atom stereocenters. The number of likely N-dealkylation sites (N-methyl/N-ethyl adjacent to an activating group) is 1. The van der Waals surface area contributed by atoms with Gasteiger partial charge < -0.3 is 19.7 Å². The Kier molecular flexibility index (Phi) is 5.33. The topological polar surface area (TPSA) is 67.9 Å². The number of ether oxygens (including phenoxy) is 2. The third-order valence-corrected chi connectivity index (χ3v) is 4.95. The summed E-state index contributed by atoms with van der Waals surface area (Å²) in [7, 11) is 1.71. The third-order valence-electron chi connectivity index (χ3n) is 4.95. The van der Waals surface area contributed by atoms with Crippen molar-refractivity contribution in [3.05, 3.63) is 71.8 Å². The number of amides is 2. The number of nitrogens with one attached hydrogen (secondary N) is 1. The number of benzene rings is 3. The van der Waals surface area contributed by atoms with E-state index in [0.717, 1.165) is 21.9 Å². The van der Waals surface area contributed by atoms with Crippen LogP contribution < -0.4 is 14.8 Å². The Labute approximate surface area is 169 Å². The van der Waals surface area contributed by atoms with Crippen molar-refractivity contribution in [2.75, 3.05) is 20.4 Å². The summed E-state index contributed by atoms with van der Waals surface area (Å²) < 4.78 is 10.7. The largest absolute Gasteiger partial charge is 0.454 e. The minimum atomic E-state index is -0.175. The van der Waals surface area contributed by atoms with Crippen molar-refractivity contribution in [2.24, 2.45) is 0 Å². The Morgan fingerprint density at radius 1 is 1.00 bits per heavy atom. The molecule has 0 aliphatic carbocycles. The normalized spacial score (nSPS) is 12.0. The zero-order chi connectivity index (χ0) is 20.2. The lowest BCUT2D eigenvalue weighted by Crippen LogP contribution is -2.38. The highest BCUT2D eigenvalue weighted by atomic mass is 16.7. The summed E-state index contributed by atoms with van der Waals surface area (Å²) in [5.41, 5.74) is 1.88. The maximum Gasteiger partial charge on any atom is 0.242 e. The lowest BCUT2D eigenvalue weighted by atomic mass is 10.0. The average Bonchev–Trinajstić information content (AvgIpc) is 3.20. The highest BCUT2D eigenvalue weighted by molar-refractivity contribution is 5.91. The van der Waals surface area contributed by atoms with Gasteiger partial charge in [-0.25, -0.2) is 0 Å². The maximum atomic E-state index is 12.4. The molecule has 0 saturated carbocycles. The minimum absolute atomic E-state index is 0.0371. The molecule has 6 nitrogen and oxygen atoms in total. The van der Waals surface area contributed by atoms with E-state index in [-0.39, 0.29) is 31.6 Å². The Balaban J connectivity index is 1.31. The molecule has 0 radical (unpaired) electrons. The van der Waals surface area contributed by atoms with E-state index in [2.05, 4.69) is 5.32 Å². The highest BCUT2D eigenvalue weighted by Crippen LogP contribution is 2.32. The number of hydrogen-bond donors (Lipinski definition) is 1. The molecule has 1 heterocycles. The molecular formula is C23H22N2O4. The molecule has 0 atom stereocenters. The lowest BCUT2D eigenvalue weighted by molar-refractivity contribution is -0.132. The number of carbonyl (C=O) groups excluding carboxylic acids is 2. The van der Waals surface area contributed by atoms with E-state index in [0.29, 0.717) is 18.0 Å². The maximum absolute atomic E-state index is 12.4. The van der Waals surface area contributed by atoms with Crippen LogP contribution in [0.1, 0.15) is 11.1 Å². The second-order valence-corrected chi connectivity index (χ2v) is 7.03. The summed E-state index contributed by atoms with van der Waals surface area (Å²) in [5.74, 6) is 1.07. The highest BCUT2D eigenvalue weighted by Gasteiger charge is 2.16. The second kappa shape index (κ2) is 8.22. The predicted molar refractivity (Wildman–Crippen MR) is 110 cm³/mol. The van der Waals surface area contributed by atoms with E-state index in [9.17, 15) is 9.59 Å². The van der Waals surface area contributed by atoms with Gasteiger partial charge in [-0.05, 0) is 34.0 Å². The Morgan fingerprint density at radius 3 is 2.69 bits per heavy atom. The summed E-state index contributed by atoms with van der Waals surface area (Å²) in [4.78, 5) is 26.3. The monoisotopic (exact) mass is 390 g/mol. The third kappa shape index (κ3) is 4.32. The van der Waals surface area contributed by atoms with Gasteiger partial charge in [0.25, 0.3) is 0 Å². The molecule has 3 aromatic carbocycles. The van der Waals surface area contributed by atoms with E-state index in [1.165, 1.54) is 0 Å². The quantitative estimate of drug-likeness (QED) is 0.703. The molecule has 148 valence electrons. The van der Waals surface area contributed by atoms with Crippen molar-refractivity contribution < 1.29 is 19.1 Å². The molecule has 3 aromatic rings. The Bertz CT molecular complexity index is 1060. The molecule has 6 heteroatoms. The van der Waals surface area contributed by atoms with E-state index in [4.69, 9.17) is 9.47 Å². The number of fused-ring (bicyclic) bond motifs is 2. The molecule has 0 fully saturated rings. The average molecular weight is 390 g/mol. The molecule has 1 N–H and O–H groups in total. The molecule has 1 aliphatic heterocycles. The minimum Gasteiger partial charge on any atom is -0.454 e. The van der Waals surface area contributed by atoms with E-state index in [1.807, 2.05) is 60.7 Å². The fourth-order valence-corrected chi connectivity index (χ4v) is 3.39. The van der Waals surface area contributed by atoms with Crippen LogP contribution in [0.5, 0.6) is 11.5 Å². The van der Waals surface area contributed by atoms with Gasteiger partial charge in [0.05, 0.1) is 13.0 Å². The number of nitrogens with zero attached hydrogens (tertiary/aromatic N) is 1. The van der Waals surface area contributed by atoms with Crippen molar-refractivity contribution in [2.45, 2.75) is 13.0 Å². The van der Waals surface area contributed by atoms with Crippen molar-refractivity contribution in [3.63, 3.8) is 0 Å². The fourth-order valence-electron chi connectivity index (χ4n) is 3.39. The molecule has 0 bridgehead atoms. The van der Waals surface area contributed by atoms with Crippen LogP contribution in [-0.2, 0) is 22.6 Å². The van der Waals surface area contributed by atoms with Crippen LogP contribution in [0.4, 0.5) is 0 Å². The fraction of sp³-hybridized carbons (Fsp3) is 0.217. The van der Waals surface area contributed by atoms with Gasteiger partial charge in [-0.3, -0.25) is 9.59 Å². The van der Waals surface area contributed by atoms with Gasteiger partial charge in [0.2, 0.25) is 18.6 Å². The van der Waals surface area contributed by atoms with Gasteiger partial charge in [0.15, 0.2) is 11.5 Å². The van der Waals surface area contributed by atoms with Gasteiger partial charge in [-0.15, -0.1) is 0 Å². The first kappa shape index (κ1) is 18.8. The van der Waals surface area contributed by atoms with E-state index in [1.54, 1.807) is 11.9 Å². The summed E-state index contributed by atoms with van der Waals surface area (Å²) in [6.45, 7) is 0.607. The summed E-state index contributed by atoms with van der Waals surface area (Å²) >= 11 is 0. The Hall–Kier alpha value is -3.54. The molecule has 2 amide bonds. The molecule has 0 spiro atoms. The van der Waals surface area contributed by atoms with Crippen LogP contribution in [0.3, 0.4) is 0 Å². The second-order valence-electron chi connectivity index (χ2n) is 7.03. The van der Waals surface area contributed by atoms with Crippen molar-refractivity contribution >= 4 is 22.6 Å². The van der Waals surface area contributed by atoms with Gasteiger partial charge in [0, 0.05) is 13.6 Å². The number of carbonyl (C=O) groups is 2. The molecule has 4 rings (SSSR count). The SMILES string of the molecule is CN(Cc1ccc2c(c1)OCO2)C(=O)CNC(=O)Cc1cccc2ccccc12. The van der Waals surface area contributed by atoms with E-state index < -0.39 is 0 Å². The smallest absolute Gasteiger partial charge is 0.242 e. The van der Waals surface area contributed by atoms with Crippen molar-refractivity contribution in [1.29, 1.82) is 0 Å². The lowest BCUT2D eigenvalue weighted by Gasteiger charge is -2.18. The van der Waals surface area contributed by atoms with Gasteiger partial charge in [-0.1, -0.05) is 48.5 Å². The van der Waals surface area contributed by atoms with Crippen LogP contribution in [-0.4, -0.2) is 37.1 Å².